The van der Waals surface area contributed by atoms with Gasteiger partial charge in [0.25, 0.3) is 0 Å². The van der Waals surface area contributed by atoms with Crippen molar-refractivity contribution in [2.24, 2.45) is 0 Å². The molecule has 3 heteroatoms. The SMILES string of the molecule is CCCCCC#Cc1cc(C)c(C(=O)OC)c(Cl)c1. The van der Waals surface area contributed by atoms with E-state index in [0.717, 1.165) is 24.0 Å². The van der Waals surface area contributed by atoms with E-state index in [0.29, 0.717) is 10.6 Å². The first-order valence-corrected chi connectivity index (χ1v) is 6.85. The first-order valence-electron chi connectivity index (χ1n) is 6.47. The summed E-state index contributed by atoms with van der Waals surface area (Å²) in [7, 11) is 1.35. The van der Waals surface area contributed by atoms with E-state index in [1.165, 1.54) is 20.0 Å². The fourth-order valence-electron chi connectivity index (χ4n) is 1.80. The van der Waals surface area contributed by atoms with Gasteiger partial charge in [-0.2, -0.15) is 0 Å². The third-order valence-electron chi connectivity index (χ3n) is 2.81. The molecule has 0 fully saturated rings. The smallest absolute Gasteiger partial charge is 0.339 e. The fraction of sp³-hybridized carbons (Fsp3) is 0.438. The molecule has 0 saturated carbocycles. The van der Waals surface area contributed by atoms with E-state index in [4.69, 9.17) is 16.3 Å². The van der Waals surface area contributed by atoms with E-state index in [-0.39, 0.29) is 0 Å². The second-order valence-corrected chi connectivity index (χ2v) is 4.81. The Hall–Kier alpha value is -1.46. The van der Waals surface area contributed by atoms with Crippen LogP contribution in [0.3, 0.4) is 0 Å². The molecule has 1 rings (SSSR count). The number of unbranched alkanes of at least 4 members (excludes halogenated alkanes) is 3. The van der Waals surface area contributed by atoms with E-state index in [1.54, 1.807) is 6.07 Å². The molecule has 0 aliphatic carbocycles. The summed E-state index contributed by atoms with van der Waals surface area (Å²) < 4.78 is 4.70. The van der Waals surface area contributed by atoms with Gasteiger partial charge < -0.3 is 4.74 Å². The minimum Gasteiger partial charge on any atom is -0.465 e. The average Bonchev–Trinajstić information content (AvgIpc) is 2.37. The summed E-state index contributed by atoms with van der Waals surface area (Å²) in [5, 5.41) is 0.393. The second kappa shape index (κ2) is 7.86. The van der Waals surface area contributed by atoms with Crippen molar-refractivity contribution in [1.82, 2.24) is 0 Å². The monoisotopic (exact) mass is 278 g/mol. The molecule has 0 N–H and O–H groups in total. The number of aryl methyl sites for hydroxylation is 1. The number of esters is 1. The molecule has 0 saturated heterocycles. The van der Waals surface area contributed by atoms with Crippen molar-refractivity contribution in [3.63, 3.8) is 0 Å². The summed E-state index contributed by atoms with van der Waals surface area (Å²) in [5.74, 6) is 5.80. The number of halogens is 1. The molecule has 2 nitrogen and oxygen atoms in total. The topological polar surface area (TPSA) is 26.3 Å². The predicted molar refractivity (Wildman–Crippen MR) is 78.5 cm³/mol. The molecule has 0 aliphatic heterocycles. The van der Waals surface area contributed by atoms with Gasteiger partial charge >= 0.3 is 5.97 Å². The van der Waals surface area contributed by atoms with Gasteiger partial charge in [0.2, 0.25) is 0 Å². The molecular weight excluding hydrogens is 260 g/mol. The predicted octanol–water partition coefficient (Wildman–Crippen LogP) is 4.37. The zero-order chi connectivity index (χ0) is 14.3. The standard InChI is InChI=1S/C16H19ClO2/c1-4-5-6-7-8-9-13-10-12(2)15(14(17)11-13)16(18)19-3/h10-11H,4-7H2,1-3H3. The largest absolute Gasteiger partial charge is 0.465 e. The minimum absolute atomic E-state index is 0.393. The number of carbonyl (C=O) groups excluding carboxylic acids is 1. The highest BCUT2D eigenvalue weighted by atomic mass is 35.5. The number of hydrogen-bond acceptors (Lipinski definition) is 2. The van der Waals surface area contributed by atoms with Crippen LogP contribution in [0.15, 0.2) is 12.1 Å². The summed E-state index contributed by atoms with van der Waals surface area (Å²) >= 11 is 6.10. The van der Waals surface area contributed by atoms with Crippen molar-refractivity contribution in [3.05, 3.63) is 33.8 Å². The first-order chi connectivity index (χ1) is 9.10. The van der Waals surface area contributed by atoms with Gasteiger partial charge in [0.05, 0.1) is 17.7 Å². The number of hydrogen-bond donors (Lipinski definition) is 0. The maximum Gasteiger partial charge on any atom is 0.339 e. The van der Waals surface area contributed by atoms with Crippen molar-refractivity contribution in [2.75, 3.05) is 7.11 Å². The van der Waals surface area contributed by atoms with Gasteiger partial charge in [-0.15, -0.1) is 0 Å². The molecule has 0 radical (unpaired) electrons. The normalized spacial score (nSPS) is 9.68. The molecule has 19 heavy (non-hydrogen) atoms. The molecule has 0 atom stereocenters. The van der Waals surface area contributed by atoms with Crippen LogP contribution in [0.1, 0.15) is 54.1 Å². The molecule has 0 unspecified atom stereocenters. The minimum atomic E-state index is -0.412. The lowest BCUT2D eigenvalue weighted by Crippen LogP contribution is -2.05. The van der Waals surface area contributed by atoms with Crippen LogP contribution >= 0.6 is 11.6 Å². The van der Waals surface area contributed by atoms with E-state index in [1.807, 2.05) is 13.0 Å². The molecule has 1 aromatic carbocycles. The van der Waals surface area contributed by atoms with Gasteiger partial charge in [-0.1, -0.05) is 43.2 Å². The molecule has 0 aromatic heterocycles. The molecule has 0 amide bonds. The number of ether oxygens (including phenoxy) is 1. The van der Waals surface area contributed by atoms with Gasteiger partial charge in [0.1, 0.15) is 0 Å². The molecule has 0 heterocycles. The number of carbonyl (C=O) groups is 1. The van der Waals surface area contributed by atoms with Crippen LogP contribution in [0.2, 0.25) is 5.02 Å². The maximum atomic E-state index is 11.6. The highest BCUT2D eigenvalue weighted by molar-refractivity contribution is 6.33. The third-order valence-corrected chi connectivity index (χ3v) is 3.11. The number of methoxy groups -OCH3 is 1. The van der Waals surface area contributed by atoms with Crippen molar-refractivity contribution in [3.8, 4) is 11.8 Å². The molecule has 0 bridgehead atoms. The lowest BCUT2D eigenvalue weighted by atomic mass is 10.0. The van der Waals surface area contributed by atoms with Crippen LogP contribution in [0.25, 0.3) is 0 Å². The lowest BCUT2D eigenvalue weighted by Gasteiger charge is -2.06. The summed E-state index contributed by atoms with van der Waals surface area (Å²) in [5.41, 5.74) is 2.05. The molecule has 102 valence electrons. The Morgan fingerprint density at radius 3 is 2.68 bits per heavy atom. The highest BCUT2D eigenvalue weighted by Crippen LogP contribution is 2.22. The van der Waals surface area contributed by atoms with Gasteiger partial charge in [0, 0.05) is 12.0 Å². The summed E-state index contributed by atoms with van der Waals surface area (Å²) in [6, 6.07) is 3.58. The van der Waals surface area contributed by atoms with Crippen molar-refractivity contribution < 1.29 is 9.53 Å². The van der Waals surface area contributed by atoms with Crippen LogP contribution in [0, 0.1) is 18.8 Å². The van der Waals surface area contributed by atoms with E-state index < -0.39 is 5.97 Å². The van der Waals surface area contributed by atoms with Crippen molar-refractivity contribution >= 4 is 17.6 Å². The van der Waals surface area contributed by atoms with Crippen molar-refractivity contribution in [1.29, 1.82) is 0 Å². The van der Waals surface area contributed by atoms with Gasteiger partial charge in [0.15, 0.2) is 0 Å². The van der Waals surface area contributed by atoms with Crippen LogP contribution in [0.4, 0.5) is 0 Å². The quantitative estimate of drug-likeness (QED) is 0.464. The Labute approximate surface area is 120 Å². The summed E-state index contributed by atoms with van der Waals surface area (Å²) in [6.07, 6.45) is 4.41. The van der Waals surface area contributed by atoms with E-state index >= 15 is 0 Å². The van der Waals surface area contributed by atoms with Crippen molar-refractivity contribution in [2.45, 2.75) is 39.5 Å². The second-order valence-electron chi connectivity index (χ2n) is 4.40. The third kappa shape index (κ3) is 4.61. The maximum absolute atomic E-state index is 11.6. The Balaban J connectivity index is 2.86. The van der Waals surface area contributed by atoms with Gasteiger partial charge in [-0.3, -0.25) is 0 Å². The zero-order valence-corrected chi connectivity index (χ0v) is 12.4. The van der Waals surface area contributed by atoms with E-state index in [9.17, 15) is 4.79 Å². The lowest BCUT2D eigenvalue weighted by molar-refractivity contribution is 0.0600. The Morgan fingerprint density at radius 1 is 1.37 bits per heavy atom. The molecule has 0 spiro atoms. The zero-order valence-electron chi connectivity index (χ0n) is 11.7. The average molecular weight is 279 g/mol. The van der Waals surface area contributed by atoms with Gasteiger partial charge in [-0.05, 0) is 31.0 Å². The summed E-state index contributed by atoms with van der Waals surface area (Å²) in [4.78, 5) is 11.6. The Kier molecular flexibility index (Phi) is 6.45. The molecule has 0 aliphatic rings. The fourth-order valence-corrected chi connectivity index (χ4v) is 2.15. The molecule has 1 aromatic rings. The Morgan fingerprint density at radius 2 is 2.11 bits per heavy atom. The first kappa shape index (κ1) is 15.6. The molecular formula is C16H19ClO2. The van der Waals surface area contributed by atoms with Crippen LogP contribution < -0.4 is 0 Å². The Bertz CT molecular complexity index is 486. The number of benzene rings is 1. The van der Waals surface area contributed by atoms with Gasteiger partial charge in [-0.25, -0.2) is 4.79 Å². The number of rotatable bonds is 4. The van der Waals surface area contributed by atoms with Crippen LogP contribution in [0.5, 0.6) is 0 Å². The van der Waals surface area contributed by atoms with Crippen LogP contribution in [-0.2, 0) is 4.74 Å². The van der Waals surface area contributed by atoms with E-state index in [2.05, 4.69) is 18.8 Å². The summed E-state index contributed by atoms with van der Waals surface area (Å²) in [6.45, 7) is 4.00. The van der Waals surface area contributed by atoms with Crippen LogP contribution in [-0.4, -0.2) is 13.1 Å². The highest BCUT2D eigenvalue weighted by Gasteiger charge is 2.14.